The molecule has 3 nitrogen and oxygen atoms in total. The van der Waals surface area contributed by atoms with Crippen LogP contribution in [0.4, 0.5) is 0 Å². The summed E-state index contributed by atoms with van der Waals surface area (Å²) in [6.07, 6.45) is 1.80. The largest absolute Gasteiger partial charge is 0.459 e. The maximum Gasteiger partial charge on any atom is 0.309 e. The summed E-state index contributed by atoms with van der Waals surface area (Å²) in [6.45, 7) is 5.68. The minimum atomic E-state index is -0.387. The Kier molecular flexibility index (Phi) is 4.38. The summed E-state index contributed by atoms with van der Waals surface area (Å²) in [5.41, 5.74) is -0.387. The van der Waals surface area contributed by atoms with Crippen molar-refractivity contribution in [3.8, 4) is 0 Å². The molecule has 0 amide bonds. The highest BCUT2D eigenvalue weighted by atomic mass is 79.9. The van der Waals surface area contributed by atoms with Crippen molar-refractivity contribution in [1.82, 2.24) is 5.32 Å². The molecule has 1 saturated heterocycles. The molecule has 1 aliphatic rings. The van der Waals surface area contributed by atoms with E-state index in [1.807, 2.05) is 13.8 Å². The molecule has 0 aromatic carbocycles. The molecule has 1 aliphatic heterocycles. The van der Waals surface area contributed by atoms with E-state index in [9.17, 15) is 4.79 Å². The summed E-state index contributed by atoms with van der Waals surface area (Å²) in [4.78, 5) is 11.7. The van der Waals surface area contributed by atoms with Gasteiger partial charge in [-0.05, 0) is 39.8 Å². The summed E-state index contributed by atoms with van der Waals surface area (Å²) >= 11 is 3.33. The van der Waals surface area contributed by atoms with Gasteiger partial charge in [-0.1, -0.05) is 15.9 Å². The highest BCUT2D eigenvalue weighted by molar-refractivity contribution is 9.09. The predicted molar refractivity (Wildman–Crippen MR) is 59.6 cm³/mol. The maximum absolute atomic E-state index is 11.7. The molecule has 14 heavy (non-hydrogen) atoms. The van der Waals surface area contributed by atoms with Gasteiger partial charge in [0.05, 0.1) is 5.92 Å². The van der Waals surface area contributed by atoms with Gasteiger partial charge in [0.15, 0.2) is 0 Å². The van der Waals surface area contributed by atoms with Crippen LogP contribution in [0.3, 0.4) is 0 Å². The van der Waals surface area contributed by atoms with Gasteiger partial charge in [0.1, 0.15) is 5.60 Å². The van der Waals surface area contributed by atoms with E-state index < -0.39 is 0 Å². The lowest BCUT2D eigenvalue weighted by molar-refractivity contribution is -0.160. The van der Waals surface area contributed by atoms with E-state index in [0.717, 1.165) is 25.9 Å². The third-order valence-electron chi connectivity index (χ3n) is 2.37. The molecule has 1 fully saturated rings. The van der Waals surface area contributed by atoms with Gasteiger partial charge >= 0.3 is 5.97 Å². The van der Waals surface area contributed by atoms with Gasteiger partial charge in [-0.25, -0.2) is 0 Å². The molecular formula is C10H18BrNO2. The van der Waals surface area contributed by atoms with Crippen molar-refractivity contribution in [3.63, 3.8) is 0 Å². The van der Waals surface area contributed by atoms with Crippen LogP contribution in [-0.2, 0) is 9.53 Å². The van der Waals surface area contributed by atoms with Crippen molar-refractivity contribution in [2.75, 3.05) is 18.4 Å². The van der Waals surface area contributed by atoms with Crippen LogP contribution in [0.25, 0.3) is 0 Å². The minimum Gasteiger partial charge on any atom is -0.459 e. The second-order valence-electron chi connectivity index (χ2n) is 4.34. The second-order valence-corrected chi connectivity index (χ2v) is 4.90. The van der Waals surface area contributed by atoms with Gasteiger partial charge in [-0.15, -0.1) is 0 Å². The van der Waals surface area contributed by atoms with Crippen molar-refractivity contribution in [2.24, 2.45) is 5.92 Å². The Morgan fingerprint density at radius 2 is 2.07 bits per heavy atom. The molecule has 0 radical (unpaired) electrons. The Balaban J connectivity index is 2.40. The zero-order chi connectivity index (χ0) is 10.6. The lowest BCUT2D eigenvalue weighted by Gasteiger charge is -2.27. The van der Waals surface area contributed by atoms with E-state index in [2.05, 4.69) is 21.2 Å². The van der Waals surface area contributed by atoms with Gasteiger partial charge < -0.3 is 10.1 Å². The number of rotatable bonds is 3. The molecule has 1 N–H and O–H groups in total. The van der Waals surface area contributed by atoms with E-state index in [4.69, 9.17) is 4.74 Å². The molecule has 0 unspecified atom stereocenters. The molecule has 4 heteroatoms. The minimum absolute atomic E-state index is 0.0454. The highest BCUT2D eigenvalue weighted by Crippen LogP contribution is 2.19. The quantitative estimate of drug-likeness (QED) is 0.623. The first kappa shape index (κ1) is 12.0. The number of carbonyl (C=O) groups is 1. The fraction of sp³-hybridized carbons (Fsp3) is 0.900. The summed E-state index contributed by atoms with van der Waals surface area (Å²) in [5, 5.41) is 3.91. The molecule has 1 rings (SSSR count). The Morgan fingerprint density at radius 1 is 1.50 bits per heavy atom. The van der Waals surface area contributed by atoms with Crippen molar-refractivity contribution >= 4 is 21.9 Å². The summed E-state index contributed by atoms with van der Waals surface area (Å²) < 4.78 is 5.41. The molecular weight excluding hydrogens is 246 g/mol. The fourth-order valence-electron chi connectivity index (χ4n) is 1.44. The SMILES string of the molecule is CC(C)(CBr)OC(=O)C1CCNCC1. The third kappa shape index (κ3) is 3.58. The first-order valence-electron chi connectivity index (χ1n) is 5.05. The molecule has 82 valence electrons. The Morgan fingerprint density at radius 3 is 2.57 bits per heavy atom. The van der Waals surface area contributed by atoms with Gasteiger partial charge in [0.25, 0.3) is 0 Å². The average Bonchev–Trinajstić information content (AvgIpc) is 2.19. The number of ether oxygens (including phenoxy) is 1. The van der Waals surface area contributed by atoms with Crippen LogP contribution in [-0.4, -0.2) is 30.0 Å². The Labute approximate surface area is 93.7 Å². The molecule has 0 saturated carbocycles. The fourth-order valence-corrected chi connectivity index (χ4v) is 1.56. The highest BCUT2D eigenvalue weighted by Gasteiger charge is 2.28. The van der Waals surface area contributed by atoms with E-state index >= 15 is 0 Å². The van der Waals surface area contributed by atoms with Crippen LogP contribution in [0.1, 0.15) is 26.7 Å². The number of alkyl halides is 1. The molecule has 0 aliphatic carbocycles. The molecule has 1 heterocycles. The van der Waals surface area contributed by atoms with Gasteiger partial charge in [0, 0.05) is 5.33 Å². The average molecular weight is 264 g/mol. The van der Waals surface area contributed by atoms with Crippen molar-refractivity contribution < 1.29 is 9.53 Å². The number of halogens is 1. The van der Waals surface area contributed by atoms with Crippen LogP contribution in [0.5, 0.6) is 0 Å². The van der Waals surface area contributed by atoms with Crippen molar-refractivity contribution in [2.45, 2.75) is 32.3 Å². The van der Waals surface area contributed by atoms with Gasteiger partial charge in [-0.2, -0.15) is 0 Å². The van der Waals surface area contributed by atoms with Crippen LogP contribution in [0.15, 0.2) is 0 Å². The molecule has 0 aromatic rings. The number of esters is 1. The van der Waals surface area contributed by atoms with Crippen molar-refractivity contribution in [3.05, 3.63) is 0 Å². The normalized spacial score (nSPS) is 19.4. The van der Waals surface area contributed by atoms with E-state index in [1.54, 1.807) is 0 Å². The monoisotopic (exact) mass is 263 g/mol. The second kappa shape index (κ2) is 5.12. The standard InChI is InChI=1S/C10H18BrNO2/c1-10(2,7-11)14-9(13)8-3-5-12-6-4-8/h8,12H,3-7H2,1-2H3. The number of hydrogen-bond donors (Lipinski definition) is 1. The number of piperidine rings is 1. The van der Waals surface area contributed by atoms with Crippen LogP contribution < -0.4 is 5.32 Å². The Hall–Kier alpha value is -0.0900. The zero-order valence-corrected chi connectivity index (χ0v) is 10.4. The predicted octanol–water partition coefficient (Wildman–Crippen LogP) is 1.70. The molecule has 0 atom stereocenters. The first-order valence-corrected chi connectivity index (χ1v) is 6.17. The molecule has 0 spiro atoms. The first-order chi connectivity index (χ1) is 6.55. The lowest BCUT2D eigenvalue weighted by atomic mass is 9.98. The van der Waals surface area contributed by atoms with Crippen LogP contribution >= 0.6 is 15.9 Å². The lowest BCUT2D eigenvalue weighted by Crippen LogP contribution is -2.37. The van der Waals surface area contributed by atoms with Crippen LogP contribution in [0.2, 0.25) is 0 Å². The van der Waals surface area contributed by atoms with Crippen molar-refractivity contribution in [1.29, 1.82) is 0 Å². The number of carbonyl (C=O) groups excluding carboxylic acids is 1. The third-order valence-corrected chi connectivity index (χ3v) is 3.72. The summed E-state index contributed by atoms with van der Waals surface area (Å²) in [7, 11) is 0. The van der Waals surface area contributed by atoms with E-state index in [1.165, 1.54) is 0 Å². The number of nitrogens with one attached hydrogen (secondary N) is 1. The summed E-state index contributed by atoms with van der Waals surface area (Å²) in [6, 6.07) is 0. The van der Waals surface area contributed by atoms with Gasteiger partial charge in [0.2, 0.25) is 0 Å². The smallest absolute Gasteiger partial charge is 0.309 e. The van der Waals surface area contributed by atoms with Crippen LogP contribution in [0, 0.1) is 5.92 Å². The van der Waals surface area contributed by atoms with E-state index in [-0.39, 0.29) is 17.5 Å². The topological polar surface area (TPSA) is 38.3 Å². The van der Waals surface area contributed by atoms with E-state index in [0.29, 0.717) is 5.33 Å². The zero-order valence-electron chi connectivity index (χ0n) is 8.81. The molecule has 0 aromatic heterocycles. The molecule has 0 bridgehead atoms. The summed E-state index contributed by atoms with van der Waals surface area (Å²) in [5.74, 6) is 0.0468. The maximum atomic E-state index is 11.7. The Bertz CT molecular complexity index is 200. The number of hydrogen-bond acceptors (Lipinski definition) is 3. The van der Waals surface area contributed by atoms with Gasteiger partial charge in [-0.3, -0.25) is 4.79 Å².